The molecule has 0 fully saturated rings. The Morgan fingerprint density at radius 3 is 2.13 bits per heavy atom. The van der Waals surface area contributed by atoms with E-state index < -0.39 is 5.72 Å². The van der Waals surface area contributed by atoms with E-state index in [0.717, 1.165) is 6.42 Å². The zero-order chi connectivity index (χ0) is 12.5. The van der Waals surface area contributed by atoms with Crippen LogP contribution in [0.15, 0.2) is 36.5 Å². The third-order valence-corrected chi connectivity index (χ3v) is 1.48. The van der Waals surface area contributed by atoms with E-state index in [-0.39, 0.29) is 0 Å². The van der Waals surface area contributed by atoms with Gasteiger partial charge in [-0.15, -0.1) is 0 Å². The summed E-state index contributed by atoms with van der Waals surface area (Å²) in [5.74, 6) is 0. The lowest BCUT2D eigenvalue weighted by Crippen LogP contribution is -2.30. The van der Waals surface area contributed by atoms with E-state index in [0.29, 0.717) is 0 Å². The highest BCUT2D eigenvalue weighted by Gasteiger charge is 1.98. The van der Waals surface area contributed by atoms with Gasteiger partial charge in [0, 0.05) is 0 Å². The van der Waals surface area contributed by atoms with E-state index in [1.807, 2.05) is 6.08 Å². The predicted octanol–water partition coefficient (Wildman–Crippen LogP) is 3.15. The van der Waals surface area contributed by atoms with Gasteiger partial charge >= 0.3 is 0 Å². The first-order chi connectivity index (χ1) is 6.72. The lowest BCUT2D eigenvalue weighted by Gasteiger charge is -2.05. The number of hydrogen-bond donors (Lipinski definition) is 2. The summed E-state index contributed by atoms with van der Waals surface area (Å²) in [6, 6.07) is 0. The maximum absolute atomic E-state index is 8.30. The zero-order valence-corrected chi connectivity index (χ0v) is 10.5. The minimum Gasteiger partial charge on any atom is -0.377 e. The molecule has 0 saturated carbocycles. The topological polar surface area (TPSA) is 46.2 Å². The molecule has 0 unspecified atom stereocenters. The highest BCUT2D eigenvalue weighted by molar-refractivity contribution is 5.28. The van der Waals surface area contributed by atoms with Gasteiger partial charge in [0.25, 0.3) is 0 Å². The van der Waals surface area contributed by atoms with Crippen LogP contribution >= 0.6 is 0 Å². The molecule has 88 valence electrons. The molecule has 0 radical (unpaired) electrons. The first-order valence-corrected chi connectivity index (χ1v) is 5.21. The largest absolute Gasteiger partial charge is 0.377 e. The summed E-state index contributed by atoms with van der Waals surface area (Å²) >= 11 is 0. The van der Waals surface area contributed by atoms with Crippen molar-refractivity contribution >= 4 is 0 Å². The number of aliphatic hydroxyl groups is 1. The molecule has 0 bridgehead atoms. The molecule has 0 aliphatic rings. The van der Waals surface area contributed by atoms with Crippen molar-refractivity contribution in [2.45, 2.75) is 46.3 Å². The second-order valence-electron chi connectivity index (χ2n) is 4.09. The molecule has 2 heteroatoms. The van der Waals surface area contributed by atoms with Crippen molar-refractivity contribution < 1.29 is 5.11 Å². The summed E-state index contributed by atoms with van der Waals surface area (Å²) in [6.07, 6.45) is 6.06. The van der Waals surface area contributed by atoms with Gasteiger partial charge in [-0.3, -0.25) is 0 Å². The maximum Gasteiger partial charge on any atom is 0.107 e. The van der Waals surface area contributed by atoms with Crippen LogP contribution in [0.2, 0.25) is 0 Å². The third kappa shape index (κ3) is 19.5. The van der Waals surface area contributed by atoms with Gasteiger partial charge in [0.15, 0.2) is 0 Å². The van der Waals surface area contributed by atoms with Crippen LogP contribution in [-0.2, 0) is 0 Å². The Bertz CT molecular complexity index is 215. The fraction of sp³-hybridized carbons (Fsp3) is 0.538. The summed E-state index contributed by atoms with van der Waals surface area (Å²) in [5, 5.41) is 8.30. The molecule has 0 aromatic carbocycles. The molecular formula is C13H25NO. The number of allylic oxidation sites excluding steroid dienone is 4. The second kappa shape index (κ2) is 8.45. The van der Waals surface area contributed by atoms with Gasteiger partial charge in [0.05, 0.1) is 0 Å². The minimum atomic E-state index is -1.00. The smallest absolute Gasteiger partial charge is 0.107 e. The monoisotopic (exact) mass is 211 g/mol. The van der Waals surface area contributed by atoms with Crippen molar-refractivity contribution in [3.8, 4) is 0 Å². The van der Waals surface area contributed by atoms with Crippen LogP contribution in [0, 0.1) is 0 Å². The Morgan fingerprint density at radius 1 is 1.47 bits per heavy atom. The standard InChI is InChI=1S/C10H16.C3H9NO/c1-5-7-9(3)10(4)8-6-2;1-3(2,4)5/h5,7H,1,4,6,8H2,2-3H3;5H,4H2,1-2H3/b9-7-;. The number of nitrogens with two attached hydrogens (primary N) is 1. The van der Waals surface area contributed by atoms with Crippen molar-refractivity contribution in [2.75, 3.05) is 0 Å². The number of hydrogen-bond acceptors (Lipinski definition) is 2. The molecule has 0 amide bonds. The van der Waals surface area contributed by atoms with Gasteiger partial charge in [-0.2, -0.15) is 0 Å². The third-order valence-electron chi connectivity index (χ3n) is 1.48. The quantitative estimate of drug-likeness (QED) is 0.554. The van der Waals surface area contributed by atoms with E-state index in [2.05, 4.69) is 27.0 Å². The van der Waals surface area contributed by atoms with E-state index >= 15 is 0 Å². The Kier molecular flexibility index (Phi) is 9.33. The van der Waals surface area contributed by atoms with Crippen LogP contribution < -0.4 is 5.73 Å². The molecule has 0 aliphatic carbocycles. The SMILES string of the molecule is C=C/C=C(/C)C(=C)CCC.CC(C)(N)O. The lowest BCUT2D eigenvalue weighted by molar-refractivity contribution is 0.0881. The summed E-state index contributed by atoms with van der Waals surface area (Å²) in [4.78, 5) is 0. The minimum absolute atomic E-state index is 1.00. The average Bonchev–Trinajstić information content (AvgIpc) is 2.02. The Balaban J connectivity index is 0. The average molecular weight is 211 g/mol. The van der Waals surface area contributed by atoms with Crippen molar-refractivity contribution in [1.29, 1.82) is 0 Å². The second-order valence-corrected chi connectivity index (χ2v) is 4.09. The van der Waals surface area contributed by atoms with Crippen LogP contribution in [0.5, 0.6) is 0 Å². The van der Waals surface area contributed by atoms with Crippen LogP contribution in [0.3, 0.4) is 0 Å². The normalized spacial score (nSPS) is 11.5. The Labute approximate surface area is 94.2 Å². The lowest BCUT2D eigenvalue weighted by atomic mass is 10.1. The van der Waals surface area contributed by atoms with Gasteiger partial charge in [0.2, 0.25) is 0 Å². The molecule has 0 aromatic heterocycles. The summed E-state index contributed by atoms with van der Waals surface area (Å²) in [5.41, 5.74) is 6.38. The molecule has 15 heavy (non-hydrogen) atoms. The Hall–Kier alpha value is -0.860. The molecule has 0 rings (SSSR count). The van der Waals surface area contributed by atoms with Gasteiger partial charge in [-0.1, -0.05) is 44.2 Å². The summed E-state index contributed by atoms with van der Waals surface area (Å²) in [7, 11) is 0. The van der Waals surface area contributed by atoms with Gasteiger partial charge in [-0.25, -0.2) is 0 Å². The molecule has 0 aliphatic heterocycles. The van der Waals surface area contributed by atoms with Gasteiger partial charge in [-0.05, 0) is 32.8 Å². The molecule has 0 spiro atoms. The van der Waals surface area contributed by atoms with Crippen LogP contribution in [0.25, 0.3) is 0 Å². The first kappa shape index (κ1) is 16.6. The Morgan fingerprint density at radius 2 is 1.87 bits per heavy atom. The molecule has 0 saturated heterocycles. The van der Waals surface area contributed by atoms with Crippen molar-refractivity contribution in [1.82, 2.24) is 0 Å². The van der Waals surface area contributed by atoms with E-state index in [1.165, 1.54) is 31.4 Å². The summed E-state index contributed by atoms with van der Waals surface area (Å²) < 4.78 is 0. The predicted molar refractivity (Wildman–Crippen MR) is 68.5 cm³/mol. The van der Waals surface area contributed by atoms with Crippen molar-refractivity contribution in [3.05, 3.63) is 36.5 Å². The van der Waals surface area contributed by atoms with E-state index in [1.54, 1.807) is 6.08 Å². The van der Waals surface area contributed by atoms with Gasteiger partial charge in [0.1, 0.15) is 5.72 Å². The fourth-order valence-corrected chi connectivity index (χ4v) is 0.794. The first-order valence-electron chi connectivity index (χ1n) is 5.21. The zero-order valence-electron chi connectivity index (χ0n) is 10.5. The number of rotatable bonds is 4. The fourth-order valence-electron chi connectivity index (χ4n) is 0.794. The van der Waals surface area contributed by atoms with Crippen molar-refractivity contribution in [3.63, 3.8) is 0 Å². The van der Waals surface area contributed by atoms with Gasteiger partial charge < -0.3 is 10.8 Å². The maximum atomic E-state index is 8.30. The van der Waals surface area contributed by atoms with E-state index in [4.69, 9.17) is 10.8 Å². The summed E-state index contributed by atoms with van der Waals surface area (Å²) in [6.45, 7) is 14.8. The molecule has 2 nitrogen and oxygen atoms in total. The molecule has 0 heterocycles. The van der Waals surface area contributed by atoms with Crippen LogP contribution in [0.1, 0.15) is 40.5 Å². The van der Waals surface area contributed by atoms with Crippen molar-refractivity contribution in [2.24, 2.45) is 5.73 Å². The van der Waals surface area contributed by atoms with Crippen LogP contribution in [0.4, 0.5) is 0 Å². The molecule has 3 N–H and O–H groups in total. The molecule has 0 atom stereocenters. The molecule has 0 aromatic rings. The highest BCUT2D eigenvalue weighted by Crippen LogP contribution is 2.12. The molecular weight excluding hydrogens is 186 g/mol. The van der Waals surface area contributed by atoms with E-state index in [9.17, 15) is 0 Å². The van der Waals surface area contributed by atoms with Crippen LogP contribution in [-0.4, -0.2) is 10.8 Å². The highest BCUT2D eigenvalue weighted by atomic mass is 16.3.